The lowest BCUT2D eigenvalue weighted by molar-refractivity contribution is 0.824. The molecule has 28 heavy (non-hydrogen) atoms. The molecule has 1 fully saturated rings. The van der Waals surface area contributed by atoms with Crippen LogP contribution in [0, 0.1) is 0 Å². The predicted molar refractivity (Wildman–Crippen MR) is 106 cm³/mol. The number of tetrazole rings is 1. The topological polar surface area (TPSA) is 85.2 Å². The summed E-state index contributed by atoms with van der Waals surface area (Å²) in [4.78, 5) is 8.98. The van der Waals surface area contributed by atoms with Crippen LogP contribution in [0.2, 0.25) is 5.02 Å². The van der Waals surface area contributed by atoms with E-state index in [2.05, 4.69) is 54.9 Å². The summed E-state index contributed by atoms with van der Waals surface area (Å²) in [7, 11) is 1.99. The molecule has 1 saturated carbocycles. The average Bonchev–Trinajstić information content (AvgIpc) is 3.15. The van der Waals surface area contributed by atoms with E-state index in [4.69, 9.17) is 11.6 Å². The van der Waals surface area contributed by atoms with Gasteiger partial charge in [0, 0.05) is 24.7 Å². The van der Waals surface area contributed by atoms with Crippen LogP contribution >= 0.6 is 23.4 Å². The van der Waals surface area contributed by atoms with Crippen LogP contribution in [0.1, 0.15) is 29.6 Å². The summed E-state index contributed by atoms with van der Waals surface area (Å²) in [6.45, 7) is 0. The van der Waals surface area contributed by atoms with Gasteiger partial charge in [0.15, 0.2) is 5.82 Å². The van der Waals surface area contributed by atoms with Crippen LogP contribution < -0.4 is 0 Å². The third kappa shape index (κ3) is 3.29. The molecule has 9 heteroatoms. The van der Waals surface area contributed by atoms with Gasteiger partial charge in [0.2, 0.25) is 0 Å². The molecule has 1 aliphatic rings. The highest BCUT2D eigenvalue weighted by molar-refractivity contribution is 7.99. The number of nitrogens with one attached hydrogen (secondary N) is 1. The Labute approximate surface area is 170 Å². The largest absolute Gasteiger partial charge is 0.328 e. The molecule has 1 N–H and O–H groups in total. The van der Waals surface area contributed by atoms with E-state index in [1.54, 1.807) is 18.0 Å². The highest BCUT2D eigenvalue weighted by Gasteiger charge is 2.42. The van der Waals surface area contributed by atoms with Crippen LogP contribution in [0.4, 0.5) is 0 Å². The van der Waals surface area contributed by atoms with Crippen molar-refractivity contribution in [2.45, 2.75) is 28.3 Å². The molecule has 3 heterocycles. The van der Waals surface area contributed by atoms with Gasteiger partial charge >= 0.3 is 0 Å². The Kier molecular flexibility index (Phi) is 4.37. The van der Waals surface area contributed by atoms with Gasteiger partial charge in [-0.15, -0.1) is 10.2 Å². The molecule has 0 amide bonds. The molecule has 2 atom stereocenters. The SMILES string of the molecule is Cn1cnc(-c2ccc([C@H]3C[C@@H]3c3nn[nH]n3)cc2)c1Sc1ccc(Cl)cn1. The fourth-order valence-corrected chi connectivity index (χ4v) is 4.33. The quantitative estimate of drug-likeness (QED) is 0.534. The molecule has 5 rings (SSSR count). The fraction of sp³-hybridized carbons (Fsp3) is 0.211. The second-order valence-electron chi connectivity index (χ2n) is 6.77. The Bertz CT molecular complexity index is 1090. The van der Waals surface area contributed by atoms with E-state index in [9.17, 15) is 0 Å². The van der Waals surface area contributed by atoms with E-state index in [0.29, 0.717) is 16.9 Å². The number of aryl methyl sites for hydroxylation is 1. The van der Waals surface area contributed by atoms with Gasteiger partial charge < -0.3 is 4.57 Å². The number of benzene rings is 1. The third-order valence-electron chi connectivity index (χ3n) is 4.88. The molecule has 7 nitrogen and oxygen atoms in total. The molecular formula is C19H16ClN7S. The number of halogens is 1. The lowest BCUT2D eigenvalue weighted by Crippen LogP contribution is -1.91. The van der Waals surface area contributed by atoms with E-state index < -0.39 is 0 Å². The molecule has 3 aromatic heterocycles. The lowest BCUT2D eigenvalue weighted by atomic mass is 10.1. The van der Waals surface area contributed by atoms with Gasteiger partial charge in [-0.2, -0.15) is 5.21 Å². The van der Waals surface area contributed by atoms with Crippen molar-refractivity contribution in [2.75, 3.05) is 0 Å². The number of imidazole rings is 1. The zero-order chi connectivity index (χ0) is 19.1. The number of hydrogen-bond acceptors (Lipinski definition) is 6. The van der Waals surface area contributed by atoms with Crippen LogP contribution in [-0.4, -0.2) is 35.2 Å². The summed E-state index contributed by atoms with van der Waals surface area (Å²) >= 11 is 7.51. The molecule has 1 aliphatic carbocycles. The Morgan fingerprint density at radius 1 is 1.11 bits per heavy atom. The van der Waals surface area contributed by atoms with Crippen molar-refractivity contribution >= 4 is 23.4 Å². The van der Waals surface area contributed by atoms with Gasteiger partial charge in [-0.05, 0) is 41.8 Å². The van der Waals surface area contributed by atoms with Crippen LogP contribution in [0.15, 0.2) is 59.0 Å². The van der Waals surface area contributed by atoms with Gasteiger partial charge in [-0.25, -0.2) is 9.97 Å². The molecule has 1 aromatic carbocycles. The summed E-state index contributed by atoms with van der Waals surface area (Å²) in [5.41, 5.74) is 3.32. The number of hydrogen-bond donors (Lipinski definition) is 1. The lowest BCUT2D eigenvalue weighted by Gasteiger charge is -2.07. The molecule has 0 spiro atoms. The summed E-state index contributed by atoms with van der Waals surface area (Å²) in [6.07, 6.45) is 4.55. The average molecular weight is 410 g/mol. The molecule has 0 radical (unpaired) electrons. The minimum absolute atomic E-state index is 0.363. The number of aromatic nitrogens is 7. The van der Waals surface area contributed by atoms with Crippen LogP contribution in [0.5, 0.6) is 0 Å². The van der Waals surface area contributed by atoms with Crippen molar-refractivity contribution in [3.8, 4) is 11.3 Å². The predicted octanol–water partition coefficient (Wildman–Crippen LogP) is 4.07. The van der Waals surface area contributed by atoms with E-state index in [1.165, 1.54) is 5.56 Å². The Morgan fingerprint density at radius 2 is 1.96 bits per heavy atom. The summed E-state index contributed by atoms with van der Waals surface area (Å²) in [6, 6.07) is 12.4. The van der Waals surface area contributed by atoms with Crippen molar-refractivity contribution in [3.63, 3.8) is 0 Å². The van der Waals surface area contributed by atoms with Crippen molar-refractivity contribution < 1.29 is 0 Å². The van der Waals surface area contributed by atoms with Gasteiger partial charge in [0.1, 0.15) is 15.7 Å². The van der Waals surface area contributed by atoms with E-state index in [-0.39, 0.29) is 0 Å². The zero-order valence-electron chi connectivity index (χ0n) is 15.0. The first-order chi connectivity index (χ1) is 13.7. The van der Waals surface area contributed by atoms with Crippen LogP contribution in [-0.2, 0) is 7.05 Å². The van der Waals surface area contributed by atoms with Crippen molar-refractivity contribution in [1.29, 1.82) is 0 Å². The number of aromatic amines is 1. The Morgan fingerprint density at radius 3 is 2.68 bits per heavy atom. The Balaban J connectivity index is 1.37. The highest BCUT2D eigenvalue weighted by Crippen LogP contribution is 2.53. The van der Waals surface area contributed by atoms with Gasteiger partial charge in [-0.1, -0.05) is 41.1 Å². The monoisotopic (exact) mass is 409 g/mol. The maximum Gasteiger partial charge on any atom is 0.178 e. The third-order valence-corrected chi connectivity index (χ3v) is 6.23. The van der Waals surface area contributed by atoms with Gasteiger partial charge in [-0.3, -0.25) is 0 Å². The van der Waals surface area contributed by atoms with Crippen molar-refractivity contribution in [3.05, 3.63) is 65.3 Å². The Hall–Kier alpha value is -2.71. The molecule has 0 bridgehead atoms. The molecular weight excluding hydrogens is 394 g/mol. The maximum absolute atomic E-state index is 5.94. The zero-order valence-corrected chi connectivity index (χ0v) is 16.5. The van der Waals surface area contributed by atoms with Crippen molar-refractivity contribution in [1.82, 2.24) is 35.2 Å². The molecule has 4 aromatic rings. The minimum Gasteiger partial charge on any atom is -0.328 e. The fourth-order valence-electron chi connectivity index (χ4n) is 3.32. The first-order valence-corrected chi connectivity index (χ1v) is 10.0. The molecule has 0 aliphatic heterocycles. The number of pyridine rings is 1. The van der Waals surface area contributed by atoms with E-state index >= 15 is 0 Å². The highest BCUT2D eigenvalue weighted by atomic mass is 35.5. The second-order valence-corrected chi connectivity index (χ2v) is 8.21. The van der Waals surface area contributed by atoms with Crippen LogP contribution in [0.3, 0.4) is 0 Å². The number of nitrogens with zero attached hydrogens (tertiary/aromatic N) is 6. The van der Waals surface area contributed by atoms with E-state index in [1.807, 2.05) is 30.1 Å². The first kappa shape index (κ1) is 17.4. The number of H-pyrrole nitrogens is 1. The van der Waals surface area contributed by atoms with E-state index in [0.717, 1.165) is 33.6 Å². The minimum atomic E-state index is 0.363. The smallest absolute Gasteiger partial charge is 0.178 e. The molecule has 0 saturated heterocycles. The summed E-state index contributed by atoms with van der Waals surface area (Å²) in [5.74, 6) is 1.62. The summed E-state index contributed by atoms with van der Waals surface area (Å²) < 4.78 is 2.01. The maximum atomic E-state index is 5.94. The first-order valence-electron chi connectivity index (χ1n) is 8.83. The number of rotatable bonds is 5. The summed E-state index contributed by atoms with van der Waals surface area (Å²) in [5, 5.41) is 16.9. The van der Waals surface area contributed by atoms with Gasteiger partial charge in [0.25, 0.3) is 0 Å². The van der Waals surface area contributed by atoms with Gasteiger partial charge in [0.05, 0.1) is 11.3 Å². The second kappa shape index (κ2) is 7.03. The molecule has 0 unspecified atom stereocenters. The van der Waals surface area contributed by atoms with Crippen molar-refractivity contribution in [2.24, 2.45) is 7.05 Å². The normalized spacial score (nSPS) is 18.4. The van der Waals surface area contributed by atoms with Crippen LogP contribution in [0.25, 0.3) is 11.3 Å². The standard InChI is InChI=1S/C19H16ClN7S/c1-27-10-22-17(19(27)28-16-7-6-13(20)9-21-16)12-4-2-11(3-5-12)14-8-15(14)18-23-25-26-24-18/h2-7,9-10,14-15H,8H2,1H3,(H,23,24,25,26)/t14-,15+/m1/s1. The molecule has 140 valence electrons.